The predicted molar refractivity (Wildman–Crippen MR) is 101 cm³/mol. The van der Waals surface area contributed by atoms with E-state index in [4.69, 9.17) is 4.74 Å². The molecule has 0 bridgehead atoms. The standard InChI is InChI=1S/C21H23N3O2/c1-16-5-3-4-6-18(16)14-23-15-19(13-22)21(25)24-12-11-17-7-9-20(26-2)10-8-17/h3-10,15,23H,11-12,14H2,1-2H3,(H,24,25)/b19-15-. The van der Waals surface area contributed by atoms with Crippen LogP contribution >= 0.6 is 0 Å². The van der Waals surface area contributed by atoms with Crippen LogP contribution < -0.4 is 15.4 Å². The van der Waals surface area contributed by atoms with E-state index in [1.807, 2.05) is 61.5 Å². The van der Waals surface area contributed by atoms with Crippen LogP contribution in [0.5, 0.6) is 5.75 Å². The molecule has 0 spiro atoms. The molecule has 2 rings (SSSR count). The van der Waals surface area contributed by atoms with E-state index in [2.05, 4.69) is 10.6 Å². The van der Waals surface area contributed by atoms with Gasteiger partial charge in [-0.3, -0.25) is 4.79 Å². The van der Waals surface area contributed by atoms with Crippen LogP contribution in [0.25, 0.3) is 0 Å². The van der Waals surface area contributed by atoms with E-state index in [0.29, 0.717) is 19.5 Å². The first-order valence-electron chi connectivity index (χ1n) is 8.43. The Kier molecular flexibility index (Phi) is 7.26. The summed E-state index contributed by atoms with van der Waals surface area (Å²) < 4.78 is 5.11. The van der Waals surface area contributed by atoms with E-state index < -0.39 is 0 Å². The van der Waals surface area contributed by atoms with Gasteiger partial charge in [0.15, 0.2) is 0 Å². The summed E-state index contributed by atoms with van der Waals surface area (Å²) in [5.41, 5.74) is 3.44. The van der Waals surface area contributed by atoms with Crippen molar-refractivity contribution in [1.82, 2.24) is 10.6 Å². The van der Waals surface area contributed by atoms with Gasteiger partial charge < -0.3 is 15.4 Å². The molecule has 0 aliphatic carbocycles. The third kappa shape index (κ3) is 5.67. The number of hydrogen-bond acceptors (Lipinski definition) is 4. The second-order valence-electron chi connectivity index (χ2n) is 5.83. The molecule has 0 radical (unpaired) electrons. The summed E-state index contributed by atoms with van der Waals surface area (Å²) in [6.07, 6.45) is 2.15. The molecule has 0 aliphatic rings. The van der Waals surface area contributed by atoms with Gasteiger partial charge in [0.05, 0.1) is 7.11 Å². The number of carbonyl (C=O) groups excluding carboxylic acids is 1. The number of methoxy groups -OCH3 is 1. The van der Waals surface area contributed by atoms with Crippen molar-refractivity contribution in [1.29, 1.82) is 5.26 Å². The molecule has 0 fully saturated rings. The second kappa shape index (κ2) is 9.90. The van der Waals surface area contributed by atoms with Gasteiger partial charge in [0.1, 0.15) is 17.4 Å². The molecule has 2 aromatic rings. The van der Waals surface area contributed by atoms with Crippen molar-refractivity contribution in [2.75, 3.05) is 13.7 Å². The van der Waals surface area contributed by atoms with Crippen molar-refractivity contribution in [3.63, 3.8) is 0 Å². The monoisotopic (exact) mass is 349 g/mol. The maximum absolute atomic E-state index is 12.1. The lowest BCUT2D eigenvalue weighted by Crippen LogP contribution is -2.27. The van der Waals surface area contributed by atoms with Gasteiger partial charge in [-0.1, -0.05) is 36.4 Å². The zero-order valence-corrected chi connectivity index (χ0v) is 15.1. The Hall–Kier alpha value is -3.26. The molecule has 26 heavy (non-hydrogen) atoms. The Balaban J connectivity index is 1.81. The number of carbonyl (C=O) groups is 1. The average molecular weight is 349 g/mol. The van der Waals surface area contributed by atoms with E-state index in [9.17, 15) is 10.1 Å². The summed E-state index contributed by atoms with van der Waals surface area (Å²) in [7, 11) is 1.62. The highest BCUT2D eigenvalue weighted by atomic mass is 16.5. The maximum Gasteiger partial charge on any atom is 0.263 e. The normalized spacial score (nSPS) is 10.7. The lowest BCUT2D eigenvalue weighted by molar-refractivity contribution is -0.117. The number of hydrogen-bond donors (Lipinski definition) is 2. The Labute approximate surface area is 154 Å². The predicted octanol–water partition coefficient (Wildman–Crippen LogP) is 2.86. The van der Waals surface area contributed by atoms with E-state index in [0.717, 1.165) is 22.4 Å². The van der Waals surface area contributed by atoms with Gasteiger partial charge in [-0.05, 0) is 42.2 Å². The highest BCUT2D eigenvalue weighted by molar-refractivity contribution is 5.97. The van der Waals surface area contributed by atoms with Gasteiger partial charge in [-0.15, -0.1) is 0 Å². The number of rotatable bonds is 8. The van der Waals surface area contributed by atoms with E-state index in [1.54, 1.807) is 7.11 Å². The average Bonchev–Trinajstić information content (AvgIpc) is 2.67. The zero-order chi connectivity index (χ0) is 18.8. The van der Waals surface area contributed by atoms with Crippen LogP contribution in [0.4, 0.5) is 0 Å². The quantitative estimate of drug-likeness (QED) is 0.568. The minimum atomic E-state index is -0.377. The maximum atomic E-state index is 12.1. The Morgan fingerprint density at radius 1 is 1.19 bits per heavy atom. The third-order valence-corrected chi connectivity index (χ3v) is 4.02. The van der Waals surface area contributed by atoms with Crippen LogP contribution in [-0.2, 0) is 17.8 Å². The summed E-state index contributed by atoms with van der Waals surface area (Å²) >= 11 is 0. The van der Waals surface area contributed by atoms with Crippen LogP contribution in [0.2, 0.25) is 0 Å². The Morgan fingerprint density at radius 2 is 1.92 bits per heavy atom. The summed E-state index contributed by atoms with van der Waals surface area (Å²) in [6.45, 7) is 3.05. The second-order valence-corrected chi connectivity index (χ2v) is 5.83. The number of nitrogens with zero attached hydrogens (tertiary/aromatic N) is 1. The van der Waals surface area contributed by atoms with Crippen molar-refractivity contribution < 1.29 is 9.53 Å². The van der Waals surface area contributed by atoms with Crippen LogP contribution in [-0.4, -0.2) is 19.6 Å². The number of aryl methyl sites for hydroxylation is 1. The van der Waals surface area contributed by atoms with Gasteiger partial charge in [0.25, 0.3) is 5.91 Å². The molecule has 0 aromatic heterocycles. The summed E-state index contributed by atoms with van der Waals surface area (Å²) in [5.74, 6) is 0.422. The fraction of sp³-hybridized carbons (Fsp3) is 0.238. The number of nitriles is 1. The lowest BCUT2D eigenvalue weighted by atomic mass is 10.1. The zero-order valence-electron chi connectivity index (χ0n) is 15.1. The molecule has 5 heteroatoms. The Bertz CT molecular complexity index is 805. The first-order chi connectivity index (χ1) is 12.6. The summed E-state index contributed by atoms with van der Waals surface area (Å²) in [5, 5.41) is 15.0. The molecule has 0 aliphatic heterocycles. The van der Waals surface area contributed by atoms with Crippen molar-refractivity contribution in [3.05, 3.63) is 77.0 Å². The Morgan fingerprint density at radius 3 is 2.58 bits per heavy atom. The smallest absolute Gasteiger partial charge is 0.263 e. The molecule has 0 atom stereocenters. The summed E-state index contributed by atoms with van der Waals surface area (Å²) in [6, 6.07) is 17.6. The molecule has 2 aromatic carbocycles. The SMILES string of the molecule is COc1ccc(CCNC(=O)/C(C#N)=C\NCc2ccccc2C)cc1. The van der Waals surface area contributed by atoms with Gasteiger partial charge >= 0.3 is 0 Å². The van der Waals surface area contributed by atoms with Gasteiger partial charge in [0, 0.05) is 19.3 Å². The molecule has 2 N–H and O–H groups in total. The largest absolute Gasteiger partial charge is 0.497 e. The first-order valence-corrected chi connectivity index (χ1v) is 8.43. The van der Waals surface area contributed by atoms with E-state index in [1.165, 1.54) is 6.20 Å². The molecule has 0 heterocycles. The molecular formula is C21H23N3O2. The molecule has 134 valence electrons. The number of nitrogens with one attached hydrogen (secondary N) is 2. The van der Waals surface area contributed by atoms with Crippen molar-refractivity contribution in [3.8, 4) is 11.8 Å². The highest BCUT2D eigenvalue weighted by Gasteiger charge is 2.08. The number of benzene rings is 2. The van der Waals surface area contributed by atoms with Crippen LogP contribution in [0.1, 0.15) is 16.7 Å². The van der Waals surface area contributed by atoms with E-state index >= 15 is 0 Å². The van der Waals surface area contributed by atoms with Gasteiger partial charge in [-0.25, -0.2) is 0 Å². The number of ether oxygens (including phenoxy) is 1. The molecule has 0 saturated heterocycles. The van der Waals surface area contributed by atoms with Crippen LogP contribution in [0.3, 0.4) is 0 Å². The fourth-order valence-corrected chi connectivity index (χ4v) is 2.43. The lowest BCUT2D eigenvalue weighted by Gasteiger charge is -2.07. The third-order valence-electron chi connectivity index (χ3n) is 4.02. The van der Waals surface area contributed by atoms with Crippen molar-refractivity contribution in [2.45, 2.75) is 19.9 Å². The van der Waals surface area contributed by atoms with E-state index in [-0.39, 0.29) is 11.5 Å². The number of amides is 1. The topological polar surface area (TPSA) is 74.1 Å². The van der Waals surface area contributed by atoms with Crippen molar-refractivity contribution in [2.24, 2.45) is 0 Å². The van der Waals surface area contributed by atoms with Gasteiger partial charge in [-0.2, -0.15) is 5.26 Å². The van der Waals surface area contributed by atoms with Crippen LogP contribution in [0, 0.1) is 18.3 Å². The molecular weight excluding hydrogens is 326 g/mol. The molecule has 5 nitrogen and oxygen atoms in total. The van der Waals surface area contributed by atoms with Crippen LogP contribution in [0.15, 0.2) is 60.3 Å². The highest BCUT2D eigenvalue weighted by Crippen LogP contribution is 2.11. The molecule has 0 saturated carbocycles. The van der Waals surface area contributed by atoms with Crippen molar-refractivity contribution >= 4 is 5.91 Å². The van der Waals surface area contributed by atoms with Gasteiger partial charge in [0.2, 0.25) is 0 Å². The first kappa shape index (κ1) is 19.1. The fourth-order valence-electron chi connectivity index (χ4n) is 2.43. The minimum absolute atomic E-state index is 0.0633. The molecule has 1 amide bonds. The summed E-state index contributed by atoms with van der Waals surface area (Å²) in [4.78, 5) is 12.1. The minimum Gasteiger partial charge on any atom is -0.497 e. The molecule has 0 unspecified atom stereocenters.